The zero-order chi connectivity index (χ0) is 32.7. The minimum Gasteiger partial charge on any atom is -0.480 e. The van der Waals surface area contributed by atoms with E-state index in [1.165, 1.54) is 22.9 Å². The number of ether oxygens (including phenoxy) is 2. The normalized spacial score (nSPS) is 11.6. The molecule has 1 aromatic carbocycles. The van der Waals surface area contributed by atoms with Gasteiger partial charge in [-0.05, 0) is 77.1 Å². The molecule has 0 saturated carbocycles. The van der Waals surface area contributed by atoms with Gasteiger partial charge in [-0.2, -0.15) is 0 Å². The Balaban J connectivity index is 0.000000317. The van der Waals surface area contributed by atoms with Gasteiger partial charge >= 0.3 is 18.0 Å². The number of nitrogens with two attached hydrogens (primary N) is 1. The first-order chi connectivity index (χ1) is 20.8. The molecule has 2 aromatic heterocycles. The third-order valence-electron chi connectivity index (χ3n) is 6.25. The topological polar surface area (TPSA) is 177 Å². The highest BCUT2D eigenvalue weighted by molar-refractivity contribution is 5.84. The molecule has 3 aromatic rings. The molecule has 0 aliphatic rings. The van der Waals surface area contributed by atoms with Gasteiger partial charge in [-0.15, -0.1) is 0 Å². The molecule has 0 radical (unpaired) electrons. The van der Waals surface area contributed by atoms with E-state index in [0.717, 1.165) is 24.1 Å². The van der Waals surface area contributed by atoms with E-state index in [9.17, 15) is 19.2 Å². The Labute approximate surface area is 258 Å². The van der Waals surface area contributed by atoms with Crippen molar-refractivity contribution in [2.75, 3.05) is 25.5 Å². The van der Waals surface area contributed by atoms with Crippen LogP contribution in [0.1, 0.15) is 64.6 Å². The van der Waals surface area contributed by atoms with Gasteiger partial charge in [0.2, 0.25) is 5.91 Å². The number of aromatic amines is 1. The van der Waals surface area contributed by atoms with Crippen molar-refractivity contribution in [2.45, 2.75) is 77.9 Å². The predicted octanol–water partition coefficient (Wildman–Crippen LogP) is 4.68. The number of carboxylic acid groups (broad SMARTS) is 1. The lowest BCUT2D eigenvalue weighted by atomic mass is 10.0. The van der Waals surface area contributed by atoms with E-state index in [2.05, 4.69) is 27.4 Å². The number of esters is 1. The minimum atomic E-state index is -1.04. The van der Waals surface area contributed by atoms with Crippen LogP contribution in [0.5, 0.6) is 0 Å². The second-order valence-corrected chi connectivity index (χ2v) is 11.3. The zero-order valence-electron chi connectivity index (χ0n) is 26.2. The Morgan fingerprint density at radius 3 is 2.50 bits per heavy atom. The first-order valence-electron chi connectivity index (χ1n) is 14.6. The Morgan fingerprint density at radius 2 is 1.82 bits per heavy atom. The van der Waals surface area contributed by atoms with Gasteiger partial charge in [0.15, 0.2) is 0 Å². The van der Waals surface area contributed by atoms with E-state index in [1.54, 1.807) is 45.9 Å². The van der Waals surface area contributed by atoms with Crippen LogP contribution in [-0.2, 0) is 36.7 Å². The fourth-order valence-corrected chi connectivity index (χ4v) is 4.21. The molecule has 0 fully saturated rings. The fourth-order valence-electron chi connectivity index (χ4n) is 4.21. The SMILES string of the molecule is CCOC(=O)C[C@H](N)CCc1c[nH]c2ccccc12.CN(CC(=O)O)C(=O)CCCc1cccc(NC(=O)OC(C)(C)C)n1. The number of benzene rings is 1. The highest BCUT2D eigenvalue weighted by Gasteiger charge is 2.17. The van der Waals surface area contributed by atoms with Crippen molar-refractivity contribution in [3.8, 4) is 0 Å². The molecule has 12 heteroatoms. The molecule has 0 aliphatic carbocycles. The number of aromatic nitrogens is 2. The van der Waals surface area contributed by atoms with E-state index in [0.29, 0.717) is 25.3 Å². The zero-order valence-corrected chi connectivity index (χ0v) is 26.2. The molecule has 3 rings (SSSR count). The molecule has 2 amide bonds. The number of hydrogen-bond donors (Lipinski definition) is 4. The summed E-state index contributed by atoms with van der Waals surface area (Å²) in [5, 5.41) is 12.5. The van der Waals surface area contributed by atoms with Crippen LogP contribution >= 0.6 is 0 Å². The van der Waals surface area contributed by atoms with Gasteiger partial charge in [-0.3, -0.25) is 19.7 Å². The molecular formula is C32H45N5O7. The van der Waals surface area contributed by atoms with Crippen LogP contribution in [0.4, 0.5) is 10.6 Å². The van der Waals surface area contributed by atoms with Gasteiger partial charge in [0.1, 0.15) is 18.0 Å². The molecule has 0 bridgehead atoms. The maximum atomic E-state index is 11.8. The molecular weight excluding hydrogens is 566 g/mol. The number of anilines is 1. The van der Waals surface area contributed by atoms with Crippen molar-refractivity contribution in [1.82, 2.24) is 14.9 Å². The molecule has 44 heavy (non-hydrogen) atoms. The van der Waals surface area contributed by atoms with E-state index >= 15 is 0 Å². The quantitative estimate of drug-likeness (QED) is 0.200. The summed E-state index contributed by atoms with van der Waals surface area (Å²) in [4.78, 5) is 54.1. The second-order valence-electron chi connectivity index (χ2n) is 11.3. The number of nitrogens with one attached hydrogen (secondary N) is 2. The number of carboxylic acids is 1. The summed E-state index contributed by atoms with van der Waals surface area (Å²) in [6.07, 6.45) is 4.67. The standard InChI is InChI=1S/C17H25N3O5.C15H20N2O2/c1-17(2,3)25-16(24)19-13-9-5-7-12(18-13)8-6-10-14(21)20(4)11-15(22)23;1-2-19-15(18)9-12(16)8-7-11-10-17-14-6-4-3-5-13(11)14/h5,7,9H,6,8,10-11H2,1-4H3,(H,22,23)(H,18,19,24);3-6,10,12,17H,2,7-9,16H2,1H3/t;12-/m.1/s1. The summed E-state index contributed by atoms with van der Waals surface area (Å²) >= 11 is 0. The van der Waals surface area contributed by atoms with Crippen molar-refractivity contribution < 1.29 is 33.8 Å². The van der Waals surface area contributed by atoms with Gasteiger partial charge in [-0.25, -0.2) is 9.78 Å². The first-order valence-corrected chi connectivity index (χ1v) is 14.6. The smallest absolute Gasteiger partial charge is 0.413 e. The predicted molar refractivity (Wildman–Crippen MR) is 168 cm³/mol. The van der Waals surface area contributed by atoms with Crippen LogP contribution in [0.3, 0.4) is 0 Å². The maximum absolute atomic E-state index is 11.8. The van der Waals surface area contributed by atoms with E-state index in [1.807, 2.05) is 18.3 Å². The number of H-pyrrole nitrogens is 1. The average Bonchev–Trinajstić information content (AvgIpc) is 3.34. The Kier molecular flexibility index (Phi) is 14.3. The number of rotatable bonds is 13. The van der Waals surface area contributed by atoms with Crippen LogP contribution in [0, 0.1) is 0 Å². The number of nitrogens with zero attached hydrogens (tertiary/aromatic N) is 2. The summed E-state index contributed by atoms with van der Waals surface area (Å²) in [6.45, 7) is 7.22. The minimum absolute atomic E-state index is 0.146. The maximum Gasteiger partial charge on any atom is 0.413 e. The van der Waals surface area contributed by atoms with E-state index < -0.39 is 17.7 Å². The summed E-state index contributed by atoms with van der Waals surface area (Å²) in [5.41, 5.74) is 8.47. The van der Waals surface area contributed by atoms with Gasteiger partial charge in [-0.1, -0.05) is 24.3 Å². The largest absolute Gasteiger partial charge is 0.480 e. The van der Waals surface area contributed by atoms with Crippen LogP contribution < -0.4 is 11.1 Å². The summed E-state index contributed by atoms with van der Waals surface area (Å²) < 4.78 is 10.1. The third-order valence-corrected chi connectivity index (χ3v) is 6.25. The fraction of sp³-hybridized carbons (Fsp3) is 0.469. The molecule has 0 aliphatic heterocycles. The van der Waals surface area contributed by atoms with Crippen molar-refractivity contribution in [1.29, 1.82) is 0 Å². The molecule has 12 nitrogen and oxygen atoms in total. The number of likely N-dealkylation sites (N-methyl/N-ethyl adjacent to an activating group) is 1. The lowest BCUT2D eigenvalue weighted by Gasteiger charge is -2.19. The molecule has 0 spiro atoms. The highest BCUT2D eigenvalue weighted by atomic mass is 16.6. The molecule has 240 valence electrons. The number of carbonyl (C=O) groups is 4. The summed E-state index contributed by atoms with van der Waals surface area (Å²) in [5.74, 6) is -1.11. The Bertz CT molecular complexity index is 1380. The molecule has 1 atom stereocenters. The van der Waals surface area contributed by atoms with Crippen molar-refractivity contribution in [2.24, 2.45) is 5.73 Å². The Hall–Kier alpha value is -4.45. The van der Waals surface area contributed by atoms with Crippen LogP contribution in [-0.4, -0.2) is 75.8 Å². The summed E-state index contributed by atoms with van der Waals surface area (Å²) in [6, 6.07) is 13.2. The van der Waals surface area contributed by atoms with Crippen LogP contribution in [0.15, 0.2) is 48.7 Å². The van der Waals surface area contributed by atoms with Gasteiger partial charge in [0.05, 0.1) is 13.0 Å². The first kappa shape index (κ1) is 35.7. The van der Waals surface area contributed by atoms with Crippen molar-refractivity contribution in [3.63, 3.8) is 0 Å². The Morgan fingerprint density at radius 1 is 1.09 bits per heavy atom. The van der Waals surface area contributed by atoms with Crippen molar-refractivity contribution in [3.05, 3.63) is 59.9 Å². The van der Waals surface area contributed by atoms with Gasteiger partial charge in [0.25, 0.3) is 0 Å². The van der Waals surface area contributed by atoms with Crippen molar-refractivity contribution >= 4 is 40.7 Å². The summed E-state index contributed by atoms with van der Waals surface area (Å²) in [7, 11) is 1.46. The molecule has 0 unspecified atom stereocenters. The lowest BCUT2D eigenvalue weighted by molar-refractivity contribution is -0.143. The lowest BCUT2D eigenvalue weighted by Crippen LogP contribution is -2.31. The van der Waals surface area contributed by atoms with E-state index in [4.69, 9.17) is 20.3 Å². The van der Waals surface area contributed by atoms with Gasteiger partial charge < -0.3 is 30.2 Å². The van der Waals surface area contributed by atoms with E-state index in [-0.39, 0.29) is 37.3 Å². The van der Waals surface area contributed by atoms with Crippen LogP contribution in [0.25, 0.3) is 10.9 Å². The number of fused-ring (bicyclic) bond motifs is 1. The number of hydrogen-bond acceptors (Lipinski definition) is 8. The monoisotopic (exact) mass is 611 g/mol. The number of carbonyl (C=O) groups excluding carboxylic acids is 3. The van der Waals surface area contributed by atoms with Crippen LogP contribution in [0.2, 0.25) is 0 Å². The number of pyridine rings is 1. The molecule has 0 saturated heterocycles. The number of para-hydroxylation sites is 1. The number of amides is 2. The number of aliphatic carboxylic acids is 1. The second kappa shape index (κ2) is 17.6. The third kappa shape index (κ3) is 13.7. The highest BCUT2D eigenvalue weighted by Crippen LogP contribution is 2.19. The molecule has 2 heterocycles. The number of aryl methyl sites for hydroxylation is 2. The van der Waals surface area contributed by atoms with Gasteiger partial charge in [0, 0.05) is 42.3 Å². The molecule has 5 N–H and O–H groups in total. The average molecular weight is 612 g/mol.